The summed E-state index contributed by atoms with van der Waals surface area (Å²) in [4.78, 5) is 4.65. The zero-order valence-corrected chi connectivity index (χ0v) is 10.8. The molecule has 1 aromatic carbocycles. The van der Waals surface area contributed by atoms with Gasteiger partial charge in [0.2, 0.25) is 0 Å². The number of hydrogen-bond acceptors (Lipinski definition) is 2. The Morgan fingerprint density at radius 1 is 1.06 bits per heavy atom. The number of hydrogen-bond donors (Lipinski definition) is 1. The Morgan fingerprint density at radius 3 is 2.47 bits per heavy atom. The number of pyridine rings is 1. The van der Waals surface area contributed by atoms with Gasteiger partial charge < -0.3 is 5.32 Å². The van der Waals surface area contributed by atoms with E-state index in [0.29, 0.717) is 0 Å². The molecule has 0 unspecified atom stereocenters. The normalized spacial score (nSPS) is 11.7. The summed E-state index contributed by atoms with van der Waals surface area (Å²) in [5.74, 6) is 0.968. The van der Waals surface area contributed by atoms with E-state index in [0.717, 1.165) is 24.2 Å². The van der Waals surface area contributed by atoms with E-state index in [1.165, 1.54) is 5.39 Å². The first-order chi connectivity index (χ1) is 8.17. The van der Waals surface area contributed by atoms with Crippen LogP contribution in [0.15, 0.2) is 36.4 Å². The lowest BCUT2D eigenvalue weighted by Crippen LogP contribution is -2.33. The molecule has 0 saturated heterocycles. The second-order valence-corrected chi connectivity index (χ2v) is 4.78. The molecule has 0 spiro atoms. The van der Waals surface area contributed by atoms with E-state index in [4.69, 9.17) is 0 Å². The molecular weight excluding hydrogens is 208 g/mol. The predicted octanol–water partition coefficient (Wildman–Crippen LogP) is 4.23. The van der Waals surface area contributed by atoms with Gasteiger partial charge in [-0.25, -0.2) is 4.98 Å². The van der Waals surface area contributed by atoms with Gasteiger partial charge in [-0.1, -0.05) is 32.0 Å². The second kappa shape index (κ2) is 4.74. The summed E-state index contributed by atoms with van der Waals surface area (Å²) in [7, 11) is 0. The molecule has 0 amide bonds. The number of rotatable bonds is 4. The Hall–Kier alpha value is -1.57. The Labute approximate surface area is 103 Å². The van der Waals surface area contributed by atoms with Gasteiger partial charge in [-0.2, -0.15) is 0 Å². The van der Waals surface area contributed by atoms with Crippen LogP contribution in [0.25, 0.3) is 10.9 Å². The van der Waals surface area contributed by atoms with Crippen molar-refractivity contribution < 1.29 is 0 Å². The Morgan fingerprint density at radius 2 is 1.76 bits per heavy atom. The van der Waals surface area contributed by atoms with Crippen molar-refractivity contribution in [1.82, 2.24) is 4.98 Å². The lowest BCUT2D eigenvalue weighted by molar-refractivity contribution is 0.477. The molecule has 17 heavy (non-hydrogen) atoms. The fourth-order valence-electron chi connectivity index (χ4n) is 1.87. The van der Waals surface area contributed by atoms with E-state index in [1.807, 2.05) is 12.1 Å². The van der Waals surface area contributed by atoms with E-state index < -0.39 is 0 Å². The fraction of sp³-hybridized carbons (Fsp3) is 0.400. The van der Waals surface area contributed by atoms with Crippen molar-refractivity contribution in [1.29, 1.82) is 0 Å². The average Bonchev–Trinajstić information content (AvgIpc) is 2.38. The Kier molecular flexibility index (Phi) is 3.32. The molecular formula is C15H20N2. The minimum absolute atomic E-state index is 0.134. The summed E-state index contributed by atoms with van der Waals surface area (Å²) in [5.41, 5.74) is 1.18. The molecule has 0 fully saturated rings. The highest BCUT2D eigenvalue weighted by atomic mass is 15.0. The van der Waals surface area contributed by atoms with E-state index >= 15 is 0 Å². The highest BCUT2D eigenvalue weighted by molar-refractivity contribution is 5.80. The van der Waals surface area contributed by atoms with E-state index in [2.05, 4.69) is 55.3 Å². The number of nitrogens with one attached hydrogen (secondary N) is 1. The van der Waals surface area contributed by atoms with Crippen molar-refractivity contribution in [2.75, 3.05) is 5.32 Å². The van der Waals surface area contributed by atoms with Crippen molar-refractivity contribution >= 4 is 16.7 Å². The van der Waals surface area contributed by atoms with E-state index in [9.17, 15) is 0 Å². The quantitative estimate of drug-likeness (QED) is 0.847. The molecule has 2 aromatic rings. The molecule has 0 atom stereocenters. The van der Waals surface area contributed by atoms with Gasteiger partial charge in [0.05, 0.1) is 5.52 Å². The zero-order chi connectivity index (χ0) is 12.3. The number of anilines is 1. The van der Waals surface area contributed by atoms with Crippen LogP contribution in [0.5, 0.6) is 0 Å². The van der Waals surface area contributed by atoms with Crippen LogP contribution in [0.4, 0.5) is 5.82 Å². The lowest BCUT2D eigenvalue weighted by atomic mass is 9.95. The molecule has 0 aliphatic rings. The smallest absolute Gasteiger partial charge is 0.127 e. The largest absolute Gasteiger partial charge is 0.365 e. The maximum absolute atomic E-state index is 4.65. The molecule has 0 aliphatic heterocycles. The third kappa shape index (κ3) is 2.57. The van der Waals surface area contributed by atoms with Gasteiger partial charge in [0.1, 0.15) is 5.82 Å². The first-order valence-corrected chi connectivity index (χ1v) is 6.31. The first-order valence-electron chi connectivity index (χ1n) is 6.31. The van der Waals surface area contributed by atoms with Gasteiger partial charge in [-0.15, -0.1) is 0 Å². The van der Waals surface area contributed by atoms with Gasteiger partial charge in [0, 0.05) is 10.9 Å². The lowest BCUT2D eigenvalue weighted by Gasteiger charge is -2.28. The molecule has 1 N–H and O–H groups in total. The fourth-order valence-corrected chi connectivity index (χ4v) is 1.87. The van der Waals surface area contributed by atoms with Crippen LogP contribution >= 0.6 is 0 Å². The topological polar surface area (TPSA) is 24.9 Å². The third-order valence-corrected chi connectivity index (χ3v) is 3.59. The summed E-state index contributed by atoms with van der Waals surface area (Å²) in [6.45, 7) is 6.65. The van der Waals surface area contributed by atoms with Crippen molar-refractivity contribution in [3.05, 3.63) is 36.4 Å². The van der Waals surface area contributed by atoms with Crippen molar-refractivity contribution in [3.63, 3.8) is 0 Å². The Balaban J connectivity index is 2.31. The van der Waals surface area contributed by atoms with Crippen LogP contribution in [0, 0.1) is 0 Å². The number of nitrogens with zero attached hydrogens (tertiary/aromatic N) is 1. The number of para-hydroxylation sites is 1. The van der Waals surface area contributed by atoms with E-state index in [-0.39, 0.29) is 5.54 Å². The zero-order valence-electron chi connectivity index (χ0n) is 10.8. The van der Waals surface area contributed by atoms with Crippen LogP contribution in [0.2, 0.25) is 0 Å². The number of benzene rings is 1. The van der Waals surface area contributed by atoms with Crippen molar-refractivity contribution in [2.45, 2.75) is 39.2 Å². The minimum atomic E-state index is 0.134. The van der Waals surface area contributed by atoms with Gasteiger partial charge in [-0.3, -0.25) is 0 Å². The van der Waals surface area contributed by atoms with Gasteiger partial charge in [0.15, 0.2) is 0 Å². The SMILES string of the molecule is CCC(C)(CC)Nc1ccc2ccccc2n1. The van der Waals surface area contributed by atoms with Crippen LogP contribution in [0.3, 0.4) is 0 Å². The molecule has 1 aromatic heterocycles. The highest BCUT2D eigenvalue weighted by Gasteiger charge is 2.19. The maximum atomic E-state index is 4.65. The highest BCUT2D eigenvalue weighted by Crippen LogP contribution is 2.22. The summed E-state index contributed by atoms with van der Waals surface area (Å²) >= 11 is 0. The molecule has 2 heteroatoms. The third-order valence-electron chi connectivity index (χ3n) is 3.59. The minimum Gasteiger partial charge on any atom is -0.365 e. The summed E-state index contributed by atoms with van der Waals surface area (Å²) < 4.78 is 0. The Bertz CT molecular complexity index is 501. The van der Waals surface area contributed by atoms with Gasteiger partial charge in [0.25, 0.3) is 0 Å². The predicted molar refractivity (Wildman–Crippen MR) is 74.4 cm³/mol. The molecule has 0 bridgehead atoms. The van der Waals surface area contributed by atoms with E-state index in [1.54, 1.807) is 0 Å². The summed E-state index contributed by atoms with van der Waals surface area (Å²) in [5, 5.41) is 4.72. The molecule has 2 nitrogen and oxygen atoms in total. The number of aromatic nitrogens is 1. The molecule has 90 valence electrons. The maximum Gasteiger partial charge on any atom is 0.127 e. The molecule has 0 aliphatic carbocycles. The van der Waals surface area contributed by atoms with Crippen LogP contribution in [-0.2, 0) is 0 Å². The summed E-state index contributed by atoms with van der Waals surface area (Å²) in [6, 6.07) is 12.4. The van der Waals surface area contributed by atoms with Crippen LogP contribution < -0.4 is 5.32 Å². The van der Waals surface area contributed by atoms with Crippen molar-refractivity contribution in [3.8, 4) is 0 Å². The monoisotopic (exact) mass is 228 g/mol. The molecule has 2 rings (SSSR count). The van der Waals surface area contributed by atoms with Crippen LogP contribution in [-0.4, -0.2) is 10.5 Å². The average molecular weight is 228 g/mol. The van der Waals surface area contributed by atoms with Gasteiger partial charge in [-0.05, 0) is 38.0 Å². The summed E-state index contributed by atoms with van der Waals surface area (Å²) in [6.07, 6.45) is 2.19. The first kappa shape index (κ1) is 11.9. The number of fused-ring (bicyclic) bond motifs is 1. The molecule has 0 radical (unpaired) electrons. The van der Waals surface area contributed by atoms with Gasteiger partial charge >= 0.3 is 0 Å². The standard InChI is InChI=1S/C15H20N2/c1-4-15(3,5-2)17-14-11-10-12-8-6-7-9-13(12)16-14/h6-11H,4-5H2,1-3H3,(H,16,17). The second-order valence-electron chi connectivity index (χ2n) is 4.78. The van der Waals surface area contributed by atoms with Crippen molar-refractivity contribution in [2.24, 2.45) is 0 Å². The molecule has 0 saturated carbocycles. The molecule has 1 heterocycles. The van der Waals surface area contributed by atoms with Crippen LogP contribution in [0.1, 0.15) is 33.6 Å².